The second-order valence-corrected chi connectivity index (χ2v) is 8.35. The van der Waals surface area contributed by atoms with Gasteiger partial charge in [0, 0.05) is 51.9 Å². The van der Waals surface area contributed by atoms with Gasteiger partial charge in [-0.3, -0.25) is 9.89 Å². The number of guanidine groups is 1. The summed E-state index contributed by atoms with van der Waals surface area (Å²) in [6.45, 7) is 9.07. The molecule has 1 aliphatic carbocycles. The Labute approximate surface area is 175 Å². The van der Waals surface area contributed by atoms with Gasteiger partial charge in [0.1, 0.15) is 0 Å². The van der Waals surface area contributed by atoms with Gasteiger partial charge >= 0.3 is 0 Å². The van der Waals surface area contributed by atoms with Gasteiger partial charge in [0.15, 0.2) is 5.96 Å². The Morgan fingerprint density at radius 2 is 2.07 bits per heavy atom. The van der Waals surface area contributed by atoms with Crippen molar-refractivity contribution in [1.29, 1.82) is 0 Å². The molecule has 2 heterocycles. The lowest BCUT2D eigenvalue weighted by Crippen LogP contribution is -2.42. The van der Waals surface area contributed by atoms with Crippen LogP contribution < -0.4 is 5.32 Å². The Balaban J connectivity index is 1.23. The lowest BCUT2D eigenvalue weighted by atomic mass is 9.89. The van der Waals surface area contributed by atoms with Crippen LogP contribution in [0, 0.1) is 0 Å². The third-order valence-corrected chi connectivity index (χ3v) is 6.36. The van der Waals surface area contributed by atoms with E-state index in [4.69, 9.17) is 9.73 Å². The number of fused-ring (bicyclic) bond motifs is 1. The summed E-state index contributed by atoms with van der Waals surface area (Å²) < 4.78 is 6.24. The van der Waals surface area contributed by atoms with Gasteiger partial charge in [0.05, 0.1) is 6.10 Å². The van der Waals surface area contributed by atoms with Crippen molar-refractivity contribution in [3.63, 3.8) is 0 Å². The molecule has 29 heavy (non-hydrogen) atoms. The Hall–Kier alpha value is -1.85. The summed E-state index contributed by atoms with van der Waals surface area (Å²) in [6.07, 6.45) is 10.6. The van der Waals surface area contributed by atoms with E-state index in [1.165, 1.54) is 30.4 Å². The molecule has 2 atom stereocenters. The maximum atomic E-state index is 6.24. The molecule has 0 aromatic heterocycles. The molecular weight excluding hydrogens is 360 g/mol. The van der Waals surface area contributed by atoms with E-state index in [-0.39, 0.29) is 6.10 Å². The van der Waals surface area contributed by atoms with Crippen molar-refractivity contribution in [2.24, 2.45) is 4.99 Å². The predicted molar refractivity (Wildman–Crippen MR) is 119 cm³/mol. The quantitative estimate of drug-likeness (QED) is 0.332. The summed E-state index contributed by atoms with van der Waals surface area (Å²) >= 11 is 0. The number of rotatable bonds is 7. The molecule has 1 fully saturated rings. The standard InChI is InChI=1S/C24H36N4O/c1-2-25-24(28-17-13-21(19-28)27-15-5-6-16-27)26-14-8-18-29-23-12-7-10-20-9-3-4-11-22(20)23/h3-6,9,11,21,23H,2,7-8,10,12-19H2,1H3,(H,25,26). The zero-order chi connectivity index (χ0) is 19.9. The normalized spacial score (nSPS) is 24.9. The Morgan fingerprint density at radius 3 is 2.93 bits per heavy atom. The van der Waals surface area contributed by atoms with Crippen LogP contribution in [-0.4, -0.2) is 67.7 Å². The molecule has 1 aromatic carbocycles. The molecule has 0 bridgehead atoms. The van der Waals surface area contributed by atoms with E-state index in [0.717, 1.165) is 64.7 Å². The van der Waals surface area contributed by atoms with Crippen molar-refractivity contribution >= 4 is 5.96 Å². The number of aryl methyl sites for hydroxylation is 1. The number of likely N-dealkylation sites (tertiary alicyclic amines) is 1. The number of aliphatic imine (C=N–C) groups is 1. The van der Waals surface area contributed by atoms with Gasteiger partial charge in [0.25, 0.3) is 0 Å². The third kappa shape index (κ3) is 5.20. The van der Waals surface area contributed by atoms with Crippen molar-refractivity contribution in [1.82, 2.24) is 15.1 Å². The van der Waals surface area contributed by atoms with Gasteiger partial charge in [-0.2, -0.15) is 0 Å². The molecular formula is C24H36N4O. The fourth-order valence-corrected chi connectivity index (χ4v) is 4.81. The van der Waals surface area contributed by atoms with Gasteiger partial charge in [-0.25, -0.2) is 0 Å². The molecule has 3 aliphatic rings. The minimum absolute atomic E-state index is 0.269. The van der Waals surface area contributed by atoms with Crippen LogP contribution >= 0.6 is 0 Å². The fourth-order valence-electron chi connectivity index (χ4n) is 4.81. The van der Waals surface area contributed by atoms with E-state index in [1.807, 2.05) is 0 Å². The number of hydrogen-bond acceptors (Lipinski definition) is 3. The molecule has 0 radical (unpaired) electrons. The zero-order valence-corrected chi connectivity index (χ0v) is 17.9. The summed E-state index contributed by atoms with van der Waals surface area (Å²) in [5.74, 6) is 1.07. The summed E-state index contributed by atoms with van der Waals surface area (Å²) in [6, 6.07) is 9.42. The van der Waals surface area contributed by atoms with Crippen LogP contribution in [0.2, 0.25) is 0 Å². The zero-order valence-electron chi connectivity index (χ0n) is 17.9. The Kier molecular flexibility index (Phi) is 7.23. The largest absolute Gasteiger partial charge is 0.373 e. The predicted octanol–water partition coefficient (Wildman–Crippen LogP) is 3.38. The summed E-state index contributed by atoms with van der Waals surface area (Å²) in [5.41, 5.74) is 2.86. The number of benzene rings is 1. The van der Waals surface area contributed by atoms with Crippen LogP contribution in [0.25, 0.3) is 0 Å². The summed E-state index contributed by atoms with van der Waals surface area (Å²) in [5, 5.41) is 3.49. The van der Waals surface area contributed by atoms with Crippen LogP contribution in [0.5, 0.6) is 0 Å². The Bertz CT molecular complexity index is 709. The van der Waals surface area contributed by atoms with Crippen LogP contribution in [0.15, 0.2) is 41.4 Å². The average Bonchev–Trinajstić information content (AvgIpc) is 3.45. The van der Waals surface area contributed by atoms with Crippen molar-refractivity contribution in [3.05, 3.63) is 47.5 Å². The smallest absolute Gasteiger partial charge is 0.193 e. The van der Waals surface area contributed by atoms with Crippen molar-refractivity contribution < 1.29 is 4.74 Å². The van der Waals surface area contributed by atoms with Crippen LogP contribution in [0.1, 0.15) is 49.8 Å². The van der Waals surface area contributed by atoms with E-state index >= 15 is 0 Å². The highest BCUT2D eigenvalue weighted by Crippen LogP contribution is 2.32. The molecule has 2 aliphatic heterocycles. The van der Waals surface area contributed by atoms with E-state index in [0.29, 0.717) is 6.04 Å². The maximum absolute atomic E-state index is 6.24. The second kappa shape index (κ2) is 10.3. The Morgan fingerprint density at radius 1 is 1.21 bits per heavy atom. The minimum atomic E-state index is 0.269. The molecule has 5 heteroatoms. The van der Waals surface area contributed by atoms with Crippen molar-refractivity contribution in [2.45, 2.75) is 51.2 Å². The average molecular weight is 397 g/mol. The number of nitrogens with zero attached hydrogens (tertiary/aromatic N) is 3. The van der Waals surface area contributed by atoms with Gasteiger partial charge in [-0.1, -0.05) is 36.4 Å². The summed E-state index contributed by atoms with van der Waals surface area (Å²) in [7, 11) is 0. The molecule has 0 spiro atoms. The lowest BCUT2D eigenvalue weighted by molar-refractivity contribution is 0.0402. The number of hydrogen-bond donors (Lipinski definition) is 1. The first-order valence-electron chi connectivity index (χ1n) is 11.5. The second-order valence-electron chi connectivity index (χ2n) is 8.35. The molecule has 0 amide bonds. The van der Waals surface area contributed by atoms with Gasteiger partial charge < -0.3 is 15.0 Å². The maximum Gasteiger partial charge on any atom is 0.193 e. The van der Waals surface area contributed by atoms with Crippen LogP contribution in [-0.2, 0) is 11.2 Å². The number of nitrogens with one attached hydrogen (secondary N) is 1. The summed E-state index contributed by atoms with van der Waals surface area (Å²) in [4.78, 5) is 9.90. The lowest BCUT2D eigenvalue weighted by Gasteiger charge is -2.26. The van der Waals surface area contributed by atoms with E-state index in [2.05, 4.69) is 58.5 Å². The highest BCUT2D eigenvalue weighted by atomic mass is 16.5. The molecule has 1 N–H and O–H groups in total. The van der Waals surface area contributed by atoms with E-state index in [1.54, 1.807) is 0 Å². The molecule has 0 saturated carbocycles. The first-order chi connectivity index (χ1) is 14.3. The molecule has 1 saturated heterocycles. The highest BCUT2D eigenvalue weighted by Gasteiger charge is 2.29. The van der Waals surface area contributed by atoms with Gasteiger partial charge in [-0.15, -0.1) is 0 Å². The van der Waals surface area contributed by atoms with E-state index in [9.17, 15) is 0 Å². The molecule has 2 unspecified atom stereocenters. The monoisotopic (exact) mass is 396 g/mol. The fraction of sp³-hybridized carbons (Fsp3) is 0.625. The topological polar surface area (TPSA) is 40.1 Å². The van der Waals surface area contributed by atoms with Gasteiger partial charge in [-0.05, 0) is 50.2 Å². The van der Waals surface area contributed by atoms with E-state index < -0.39 is 0 Å². The SMILES string of the molecule is CCNC(=NCCCOC1CCCc2ccccc21)N1CCC(N2CC=CC2)C1. The molecule has 5 nitrogen and oxygen atoms in total. The van der Waals surface area contributed by atoms with Crippen molar-refractivity contribution in [3.8, 4) is 0 Å². The first kappa shape index (κ1) is 20.4. The molecule has 158 valence electrons. The van der Waals surface area contributed by atoms with Crippen molar-refractivity contribution in [2.75, 3.05) is 45.9 Å². The molecule has 4 rings (SSSR count). The third-order valence-electron chi connectivity index (χ3n) is 6.36. The number of ether oxygens (including phenoxy) is 1. The van der Waals surface area contributed by atoms with Crippen LogP contribution in [0.3, 0.4) is 0 Å². The first-order valence-corrected chi connectivity index (χ1v) is 11.5. The van der Waals surface area contributed by atoms with Crippen LogP contribution in [0.4, 0.5) is 0 Å². The minimum Gasteiger partial charge on any atom is -0.373 e. The van der Waals surface area contributed by atoms with Gasteiger partial charge in [0.2, 0.25) is 0 Å². The molecule has 1 aromatic rings. The highest BCUT2D eigenvalue weighted by molar-refractivity contribution is 5.80.